The first kappa shape index (κ1) is 26.8. The molecule has 35 heavy (non-hydrogen) atoms. The maximum absolute atomic E-state index is 12.5. The molecule has 3 rings (SSSR count). The van der Waals surface area contributed by atoms with Crippen LogP contribution in [0.15, 0.2) is 53.8 Å². The standard InChI is InChI=1S/C24H30O11/c1-2-14-15(10-18(26)32-9-8-13-6-4-3-5-7-13)16(22(30)31)12-33-23(14)35-24-21(29)20(28)19(27)17(11-25)34-24/h2-7,12,15,17,19-21,23-25,27-29H,8-11H2,1H3,(H,30,31)/b14-2+/t15-,17+,19+,20-,21+,23-,24-/m0/s1. The summed E-state index contributed by atoms with van der Waals surface area (Å²) in [6.07, 6.45) is -6.22. The molecule has 1 saturated heterocycles. The molecule has 0 aliphatic carbocycles. The Bertz CT molecular complexity index is 927. The Balaban J connectivity index is 1.69. The molecule has 1 aromatic rings. The van der Waals surface area contributed by atoms with Gasteiger partial charge in [0.15, 0.2) is 6.29 Å². The maximum atomic E-state index is 12.5. The van der Waals surface area contributed by atoms with E-state index in [1.165, 1.54) is 6.08 Å². The Morgan fingerprint density at radius 3 is 2.43 bits per heavy atom. The fraction of sp³-hybridized carbons (Fsp3) is 0.500. The van der Waals surface area contributed by atoms with Crippen LogP contribution in [0.1, 0.15) is 18.9 Å². The summed E-state index contributed by atoms with van der Waals surface area (Å²) in [6, 6.07) is 9.42. The normalized spacial score (nSPS) is 32.0. The molecule has 1 aromatic carbocycles. The highest BCUT2D eigenvalue weighted by atomic mass is 16.8. The molecule has 2 aliphatic heterocycles. The van der Waals surface area contributed by atoms with Gasteiger partial charge in [-0.1, -0.05) is 36.4 Å². The van der Waals surface area contributed by atoms with E-state index in [1.54, 1.807) is 6.92 Å². The van der Waals surface area contributed by atoms with Gasteiger partial charge in [-0.25, -0.2) is 4.79 Å². The van der Waals surface area contributed by atoms with E-state index in [4.69, 9.17) is 18.9 Å². The molecule has 0 aromatic heterocycles. The highest BCUT2D eigenvalue weighted by Crippen LogP contribution is 2.35. The first-order valence-electron chi connectivity index (χ1n) is 11.2. The van der Waals surface area contributed by atoms with Gasteiger partial charge in [-0.3, -0.25) is 4.79 Å². The van der Waals surface area contributed by atoms with Crippen molar-refractivity contribution in [3.63, 3.8) is 0 Å². The maximum Gasteiger partial charge on any atom is 0.335 e. The summed E-state index contributed by atoms with van der Waals surface area (Å²) in [7, 11) is 0. The Kier molecular flexibility index (Phi) is 9.38. The van der Waals surface area contributed by atoms with Crippen LogP contribution < -0.4 is 0 Å². The van der Waals surface area contributed by atoms with Gasteiger partial charge in [-0.2, -0.15) is 0 Å². The molecule has 11 heteroatoms. The largest absolute Gasteiger partial charge is 0.478 e. The van der Waals surface area contributed by atoms with Crippen molar-refractivity contribution in [1.82, 2.24) is 0 Å². The van der Waals surface area contributed by atoms with Gasteiger partial charge in [0, 0.05) is 17.9 Å². The van der Waals surface area contributed by atoms with Gasteiger partial charge in [-0.15, -0.1) is 0 Å². The van der Waals surface area contributed by atoms with E-state index >= 15 is 0 Å². The lowest BCUT2D eigenvalue weighted by atomic mass is 9.86. The fourth-order valence-corrected chi connectivity index (χ4v) is 3.97. The van der Waals surface area contributed by atoms with Gasteiger partial charge < -0.3 is 44.5 Å². The molecule has 0 unspecified atom stereocenters. The lowest BCUT2D eigenvalue weighted by Gasteiger charge is -2.41. The van der Waals surface area contributed by atoms with Crippen molar-refractivity contribution in [1.29, 1.82) is 0 Å². The summed E-state index contributed by atoms with van der Waals surface area (Å²) < 4.78 is 21.7. The number of hydrogen-bond acceptors (Lipinski definition) is 10. The molecule has 11 nitrogen and oxygen atoms in total. The second kappa shape index (κ2) is 12.2. The second-order valence-electron chi connectivity index (χ2n) is 8.18. The number of carboxylic acids is 1. The number of rotatable bonds is 9. The van der Waals surface area contributed by atoms with Crippen molar-refractivity contribution in [2.75, 3.05) is 13.2 Å². The van der Waals surface area contributed by atoms with E-state index in [1.807, 2.05) is 30.3 Å². The third kappa shape index (κ3) is 6.45. The Morgan fingerprint density at radius 1 is 1.09 bits per heavy atom. The molecule has 0 saturated carbocycles. The lowest BCUT2D eigenvalue weighted by molar-refractivity contribution is -0.327. The number of aliphatic carboxylic acids is 1. The molecule has 7 atom stereocenters. The number of carboxylic acid groups (broad SMARTS) is 1. The number of carbonyl (C=O) groups is 2. The molecule has 0 amide bonds. The summed E-state index contributed by atoms with van der Waals surface area (Å²) in [5, 5.41) is 49.2. The Morgan fingerprint density at radius 2 is 1.80 bits per heavy atom. The Hall–Kier alpha value is -2.80. The van der Waals surface area contributed by atoms with Crippen molar-refractivity contribution in [3.05, 3.63) is 59.4 Å². The second-order valence-corrected chi connectivity index (χ2v) is 8.18. The monoisotopic (exact) mass is 494 g/mol. The van der Waals surface area contributed by atoms with E-state index in [0.29, 0.717) is 6.42 Å². The van der Waals surface area contributed by atoms with Crippen molar-refractivity contribution < 1.29 is 54.1 Å². The molecule has 2 aliphatic rings. The van der Waals surface area contributed by atoms with Crippen LogP contribution in [0.25, 0.3) is 0 Å². The van der Waals surface area contributed by atoms with Crippen molar-refractivity contribution in [2.45, 2.75) is 56.8 Å². The molecule has 0 radical (unpaired) electrons. The van der Waals surface area contributed by atoms with Gasteiger partial charge in [0.05, 0.1) is 31.5 Å². The molecule has 0 bridgehead atoms. The number of ether oxygens (including phenoxy) is 4. The zero-order valence-corrected chi connectivity index (χ0v) is 19.1. The zero-order chi connectivity index (χ0) is 25.5. The van der Waals surface area contributed by atoms with Gasteiger partial charge in [0.25, 0.3) is 0 Å². The van der Waals surface area contributed by atoms with Crippen LogP contribution in [-0.4, -0.2) is 87.7 Å². The van der Waals surface area contributed by atoms with E-state index in [-0.39, 0.29) is 24.2 Å². The van der Waals surface area contributed by atoms with E-state index in [9.17, 15) is 35.1 Å². The minimum absolute atomic E-state index is 0.119. The predicted molar refractivity (Wildman–Crippen MR) is 118 cm³/mol. The van der Waals surface area contributed by atoms with Crippen LogP contribution in [0.3, 0.4) is 0 Å². The topological polar surface area (TPSA) is 172 Å². The van der Waals surface area contributed by atoms with Crippen LogP contribution in [0.4, 0.5) is 0 Å². The summed E-state index contributed by atoms with van der Waals surface area (Å²) in [5.41, 5.74) is 1.06. The van der Waals surface area contributed by atoms with Crippen LogP contribution in [0.2, 0.25) is 0 Å². The molecule has 1 fully saturated rings. The minimum Gasteiger partial charge on any atom is -0.478 e. The summed E-state index contributed by atoms with van der Waals surface area (Å²) >= 11 is 0. The highest BCUT2D eigenvalue weighted by Gasteiger charge is 2.46. The fourth-order valence-electron chi connectivity index (χ4n) is 3.97. The third-order valence-electron chi connectivity index (χ3n) is 5.92. The number of aliphatic hydroxyl groups excluding tert-OH is 4. The molecule has 5 N–H and O–H groups in total. The van der Waals surface area contributed by atoms with Crippen LogP contribution in [0.5, 0.6) is 0 Å². The molecule has 192 valence electrons. The average Bonchev–Trinajstić information content (AvgIpc) is 2.85. The number of carbonyl (C=O) groups excluding carboxylic acids is 1. The van der Waals surface area contributed by atoms with Gasteiger partial charge in [-0.05, 0) is 12.5 Å². The predicted octanol–water partition coefficient (Wildman–Crippen LogP) is -0.134. The number of esters is 1. The van der Waals surface area contributed by atoms with Crippen LogP contribution in [-0.2, 0) is 35.0 Å². The SMILES string of the molecule is C/C=C1/[C@H](O[C@@H]2O[C@H](CO)[C@@H](O)[C@H](O)[C@H]2O)OC=C(C(=O)O)[C@H]1CC(=O)OCCc1ccccc1. The van der Waals surface area contributed by atoms with Crippen LogP contribution >= 0.6 is 0 Å². The first-order chi connectivity index (χ1) is 16.8. The van der Waals surface area contributed by atoms with Crippen molar-refractivity contribution in [2.24, 2.45) is 5.92 Å². The molecular formula is C24H30O11. The number of hydrogen-bond donors (Lipinski definition) is 5. The summed E-state index contributed by atoms with van der Waals surface area (Å²) in [4.78, 5) is 24.3. The molecule has 0 spiro atoms. The van der Waals surface area contributed by atoms with Gasteiger partial charge in [0.2, 0.25) is 6.29 Å². The first-order valence-corrected chi connectivity index (χ1v) is 11.2. The van der Waals surface area contributed by atoms with E-state index < -0.39 is 61.5 Å². The third-order valence-corrected chi connectivity index (χ3v) is 5.92. The van der Waals surface area contributed by atoms with Gasteiger partial charge >= 0.3 is 11.9 Å². The smallest absolute Gasteiger partial charge is 0.335 e. The zero-order valence-electron chi connectivity index (χ0n) is 19.1. The van der Waals surface area contributed by atoms with Gasteiger partial charge in [0.1, 0.15) is 24.4 Å². The molecular weight excluding hydrogens is 464 g/mol. The minimum atomic E-state index is -1.68. The summed E-state index contributed by atoms with van der Waals surface area (Å²) in [5.74, 6) is -2.87. The number of benzene rings is 1. The van der Waals surface area contributed by atoms with Crippen molar-refractivity contribution >= 4 is 11.9 Å². The van der Waals surface area contributed by atoms with Crippen LogP contribution in [0, 0.1) is 5.92 Å². The lowest BCUT2D eigenvalue weighted by Crippen LogP contribution is -2.60. The quantitative estimate of drug-likeness (QED) is 0.229. The van der Waals surface area contributed by atoms with E-state index in [2.05, 4.69) is 0 Å². The highest BCUT2D eigenvalue weighted by molar-refractivity contribution is 5.89. The Labute approximate surface area is 201 Å². The number of aliphatic hydroxyl groups is 4. The molecule has 2 heterocycles. The number of allylic oxidation sites excluding steroid dienone is 1. The van der Waals surface area contributed by atoms with Crippen molar-refractivity contribution in [3.8, 4) is 0 Å². The summed E-state index contributed by atoms with van der Waals surface area (Å²) in [6.45, 7) is 1.07. The average molecular weight is 494 g/mol. The van der Waals surface area contributed by atoms with E-state index in [0.717, 1.165) is 11.8 Å².